The van der Waals surface area contributed by atoms with E-state index in [1.165, 1.54) is 17.7 Å². The molecule has 0 heterocycles. The van der Waals surface area contributed by atoms with Crippen LogP contribution in [-0.2, 0) is 0 Å². The molecular weight excluding hydrogens is 238 g/mol. The first-order chi connectivity index (χ1) is 7.72. The fraction of sp³-hybridized carbons (Fsp3) is 0.538. The third kappa shape index (κ3) is 5.78. The van der Waals surface area contributed by atoms with Crippen molar-refractivity contribution in [1.82, 2.24) is 5.32 Å². The second kappa shape index (κ2) is 7.99. The van der Waals surface area contributed by atoms with E-state index in [2.05, 4.69) is 31.3 Å². The van der Waals surface area contributed by atoms with Crippen molar-refractivity contribution in [3.63, 3.8) is 0 Å². The molecule has 3 heteroatoms. The van der Waals surface area contributed by atoms with Gasteiger partial charge in [-0.3, -0.25) is 0 Å². The smallest absolute Gasteiger partial charge is 0.0406 e. The molecule has 0 aliphatic heterocycles. The Morgan fingerprint density at radius 2 is 2.00 bits per heavy atom. The average molecular weight is 258 g/mol. The summed E-state index contributed by atoms with van der Waals surface area (Å²) in [6, 6.07) is 8.66. The maximum absolute atomic E-state index is 5.83. The van der Waals surface area contributed by atoms with E-state index in [0.717, 1.165) is 17.3 Å². The molecule has 0 spiro atoms. The first kappa shape index (κ1) is 13.9. The van der Waals surface area contributed by atoms with Gasteiger partial charge in [0.25, 0.3) is 0 Å². The lowest BCUT2D eigenvalue weighted by atomic mass is 10.2. The van der Waals surface area contributed by atoms with Crippen molar-refractivity contribution in [2.75, 3.05) is 12.3 Å². The summed E-state index contributed by atoms with van der Waals surface area (Å²) in [4.78, 5) is 1.29. The van der Waals surface area contributed by atoms with Crippen LogP contribution in [0.25, 0.3) is 0 Å². The summed E-state index contributed by atoms with van der Waals surface area (Å²) in [5.41, 5.74) is 0. The molecule has 1 rings (SSSR count). The Kier molecular flexibility index (Phi) is 6.93. The minimum absolute atomic E-state index is 0.635. The number of thioether (sulfide) groups is 1. The normalized spacial score (nSPS) is 12.7. The quantitative estimate of drug-likeness (QED) is 0.580. The van der Waals surface area contributed by atoms with E-state index >= 15 is 0 Å². The summed E-state index contributed by atoms with van der Waals surface area (Å²) < 4.78 is 0. The van der Waals surface area contributed by atoms with Gasteiger partial charge in [-0.15, -0.1) is 11.8 Å². The number of nitrogens with one attached hydrogen (secondary N) is 1. The highest BCUT2D eigenvalue weighted by Gasteiger charge is 1.99. The highest BCUT2D eigenvalue weighted by Crippen LogP contribution is 2.19. The fourth-order valence-corrected chi connectivity index (χ4v) is 2.45. The molecular formula is C13H20ClNS. The van der Waals surface area contributed by atoms with Gasteiger partial charge in [0.15, 0.2) is 0 Å². The Morgan fingerprint density at radius 1 is 1.31 bits per heavy atom. The van der Waals surface area contributed by atoms with Crippen LogP contribution in [0.4, 0.5) is 0 Å². The van der Waals surface area contributed by atoms with Crippen LogP contribution in [-0.4, -0.2) is 18.3 Å². The zero-order valence-electron chi connectivity index (χ0n) is 10.0. The SMILES string of the molecule is CCCC(C)NCCSc1ccc(Cl)cc1. The van der Waals surface area contributed by atoms with Gasteiger partial charge in [-0.05, 0) is 37.6 Å². The summed E-state index contributed by atoms with van der Waals surface area (Å²) in [5.74, 6) is 1.11. The molecule has 0 aliphatic carbocycles. The topological polar surface area (TPSA) is 12.0 Å². The molecule has 1 aromatic carbocycles. The Balaban J connectivity index is 2.13. The lowest BCUT2D eigenvalue weighted by molar-refractivity contribution is 0.526. The monoisotopic (exact) mass is 257 g/mol. The number of halogens is 1. The summed E-state index contributed by atoms with van der Waals surface area (Å²) in [5, 5.41) is 4.32. The van der Waals surface area contributed by atoms with Crippen LogP contribution in [0.15, 0.2) is 29.2 Å². The van der Waals surface area contributed by atoms with Gasteiger partial charge in [0.05, 0.1) is 0 Å². The van der Waals surface area contributed by atoms with Gasteiger partial charge in [0, 0.05) is 28.3 Å². The third-order valence-corrected chi connectivity index (χ3v) is 3.66. The molecule has 0 saturated heterocycles. The van der Waals surface area contributed by atoms with E-state index in [4.69, 9.17) is 11.6 Å². The molecule has 1 atom stereocenters. The Bertz CT molecular complexity index is 286. The van der Waals surface area contributed by atoms with Crippen LogP contribution >= 0.6 is 23.4 Å². The van der Waals surface area contributed by atoms with E-state index in [-0.39, 0.29) is 0 Å². The average Bonchev–Trinajstić information content (AvgIpc) is 2.27. The number of hydrogen-bond donors (Lipinski definition) is 1. The molecule has 0 radical (unpaired) electrons. The van der Waals surface area contributed by atoms with E-state index in [9.17, 15) is 0 Å². The zero-order chi connectivity index (χ0) is 11.8. The highest BCUT2D eigenvalue weighted by molar-refractivity contribution is 7.99. The zero-order valence-corrected chi connectivity index (χ0v) is 11.6. The Labute approximate surface area is 108 Å². The van der Waals surface area contributed by atoms with Gasteiger partial charge >= 0.3 is 0 Å². The summed E-state index contributed by atoms with van der Waals surface area (Å²) in [6.07, 6.45) is 2.50. The molecule has 0 amide bonds. The molecule has 0 saturated carbocycles. The van der Waals surface area contributed by atoms with Crippen LogP contribution in [0, 0.1) is 0 Å². The minimum atomic E-state index is 0.635. The number of hydrogen-bond acceptors (Lipinski definition) is 2. The van der Waals surface area contributed by atoms with E-state index in [1.54, 1.807) is 0 Å². The minimum Gasteiger partial charge on any atom is -0.313 e. The van der Waals surface area contributed by atoms with Crippen molar-refractivity contribution in [1.29, 1.82) is 0 Å². The van der Waals surface area contributed by atoms with Crippen LogP contribution in [0.1, 0.15) is 26.7 Å². The number of rotatable bonds is 7. The molecule has 0 bridgehead atoms. The van der Waals surface area contributed by atoms with Crippen LogP contribution < -0.4 is 5.32 Å². The molecule has 1 nitrogen and oxygen atoms in total. The van der Waals surface area contributed by atoms with Crippen molar-refractivity contribution < 1.29 is 0 Å². The summed E-state index contributed by atoms with van der Waals surface area (Å²) in [6.45, 7) is 5.53. The largest absolute Gasteiger partial charge is 0.313 e. The predicted octanol–water partition coefficient (Wildman–Crippen LogP) is 4.21. The van der Waals surface area contributed by atoms with E-state index in [0.29, 0.717) is 6.04 Å². The van der Waals surface area contributed by atoms with Gasteiger partial charge in [-0.25, -0.2) is 0 Å². The third-order valence-electron chi connectivity index (χ3n) is 2.40. The standard InChI is InChI=1S/C13H20ClNS/c1-3-4-11(2)15-9-10-16-13-7-5-12(14)6-8-13/h5-8,11,15H,3-4,9-10H2,1-2H3. The van der Waals surface area contributed by atoms with Gasteiger partial charge in [0.2, 0.25) is 0 Å². The van der Waals surface area contributed by atoms with Crippen molar-refractivity contribution in [3.8, 4) is 0 Å². The van der Waals surface area contributed by atoms with E-state index in [1.807, 2.05) is 23.9 Å². The fourth-order valence-electron chi connectivity index (χ4n) is 1.54. The van der Waals surface area contributed by atoms with Gasteiger partial charge in [0.1, 0.15) is 0 Å². The molecule has 0 aliphatic rings. The second-order valence-corrected chi connectivity index (χ2v) is 5.55. The molecule has 16 heavy (non-hydrogen) atoms. The highest BCUT2D eigenvalue weighted by atomic mass is 35.5. The molecule has 1 N–H and O–H groups in total. The Morgan fingerprint density at radius 3 is 2.62 bits per heavy atom. The second-order valence-electron chi connectivity index (χ2n) is 3.95. The predicted molar refractivity (Wildman–Crippen MR) is 74.5 cm³/mol. The van der Waals surface area contributed by atoms with Crippen molar-refractivity contribution in [2.24, 2.45) is 0 Å². The first-order valence-electron chi connectivity index (χ1n) is 5.84. The van der Waals surface area contributed by atoms with Crippen molar-refractivity contribution in [2.45, 2.75) is 37.6 Å². The van der Waals surface area contributed by atoms with Gasteiger partial charge < -0.3 is 5.32 Å². The number of benzene rings is 1. The van der Waals surface area contributed by atoms with Crippen LogP contribution in [0.5, 0.6) is 0 Å². The maximum atomic E-state index is 5.83. The Hall–Kier alpha value is -0.180. The maximum Gasteiger partial charge on any atom is 0.0406 e. The molecule has 90 valence electrons. The first-order valence-corrected chi connectivity index (χ1v) is 7.20. The molecule has 0 aromatic heterocycles. The lowest BCUT2D eigenvalue weighted by Gasteiger charge is -2.12. The molecule has 1 aromatic rings. The molecule has 1 unspecified atom stereocenters. The summed E-state index contributed by atoms with van der Waals surface area (Å²) >= 11 is 7.70. The molecule has 0 fully saturated rings. The van der Waals surface area contributed by atoms with Crippen LogP contribution in [0.2, 0.25) is 5.02 Å². The van der Waals surface area contributed by atoms with Crippen molar-refractivity contribution >= 4 is 23.4 Å². The van der Waals surface area contributed by atoms with E-state index < -0.39 is 0 Å². The van der Waals surface area contributed by atoms with Crippen molar-refractivity contribution in [3.05, 3.63) is 29.3 Å². The lowest BCUT2D eigenvalue weighted by Crippen LogP contribution is -2.27. The summed E-state index contributed by atoms with van der Waals surface area (Å²) in [7, 11) is 0. The van der Waals surface area contributed by atoms with Gasteiger partial charge in [-0.1, -0.05) is 24.9 Å². The van der Waals surface area contributed by atoms with Crippen LogP contribution in [0.3, 0.4) is 0 Å². The van der Waals surface area contributed by atoms with Gasteiger partial charge in [-0.2, -0.15) is 0 Å².